The molecule has 0 aromatic heterocycles. The molecule has 4 unspecified atom stereocenters. The van der Waals surface area contributed by atoms with Crippen LogP contribution in [0.1, 0.15) is 51.9 Å². The summed E-state index contributed by atoms with van der Waals surface area (Å²) in [5.74, 6) is 0.412. The van der Waals surface area contributed by atoms with Gasteiger partial charge < -0.3 is 0 Å². The van der Waals surface area contributed by atoms with Crippen LogP contribution in [0.2, 0.25) is 0 Å². The molecule has 2 saturated carbocycles. The maximum Gasteiger partial charge on any atom is 0.234 e. The molecule has 0 radical (unpaired) electrons. The molecule has 3 fully saturated rings. The van der Waals surface area contributed by atoms with Gasteiger partial charge in [0.05, 0.1) is 11.8 Å². The summed E-state index contributed by atoms with van der Waals surface area (Å²) < 4.78 is 0. The Bertz CT molecular complexity index is 558. The van der Waals surface area contributed by atoms with Crippen LogP contribution in [-0.2, 0) is 9.59 Å². The van der Waals surface area contributed by atoms with Crippen LogP contribution < -0.4 is 0 Å². The van der Waals surface area contributed by atoms with E-state index in [-0.39, 0.29) is 35.1 Å². The van der Waals surface area contributed by atoms with Crippen molar-refractivity contribution in [2.24, 2.45) is 23.2 Å². The Kier molecular flexibility index (Phi) is 3.28. The van der Waals surface area contributed by atoms with Gasteiger partial charge in [-0.2, -0.15) is 0 Å². The number of imide groups is 1. The average molecular weight is 299 g/mol. The molecule has 3 aliphatic carbocycles. The molecule has 3 nitrogen and oxygen atoms in total. The summed E-state index contributed by atoms with van der Waals surface area (Å²) >= 11 is 0. The molecule has 0 spiro atoms. The maximum atomic E-state index is 13.1. The third kappa shape index (κ3) is 1.80. The molecule has 1 saturated heterocycles. The normalized spacial score (nSPS) is 41.1. The van der Waals surface area contributed by atoms with Crippen molar-refractivity contribution in [2.75, 3.05) is 0 Å². The van der Waals surface area contributed by atoms with Gasteiger partial charge in [0.2, 0.25) is 11.8 Å². The van der Waals surface area contributed by atoms with Crippen LogP contribution in [-0.4, -0.2) is 22.8 Å². The minimum absolute atomic E-state index is 0.0651. The van der Waals surface area contributed by atoms with Gasteiger partial charge in [-0.15, -0.1) is 0 Å². The number of amides is 2. The molecular formula is C19H25NO2. The predicted octanol–water partition coefficient (Wildman–Crippen LogP) is 3.46. The van der Waals surface area contributed by atoms with E-state index in [2.05, 4.69) is 24.3 Å². The number of likely N-dealkylation sites (tertiary alicyclic amines) is 1. The van der Waals surface area contributed by atoms with Crippen LogP contribution >= 0.6 is 0 Å². The highest BCUT2D eigenvalue weighted by Gasteiger charge is 2.66. The zero-order valence-corrected chi connectivity index (χ0v) is 13.3. The lowest BCUT2D eigenvalue weighted by Crippen LogP contribution is -2.43. The van der Waals surface area contributed by atoms with Crippen LogP contribution in [0, 0.1) is 23.2 Å². The highest BCUT2D eigenvalue weighted by Crippen LogP contribution is 2.62. The summed E-state index contributed by atoms with van der Waals surface area (Å²) in [4.78, 5) is 27.8. The van der Waals surface area contributed by atoms with Crippen molar-refractivity contribution in [3.63, 3.8) is 0 Å². The molecule has 0 aromatic rings. The largest absolute Gasteiger partial charge is 0.279 e. The van der Waals surface area contributed by atoms with E-state index >= 15 is 0 Å². The van der Waals surface area contributed by atoms with Gasteiger partial charge in [-0.25, -0.2) is 0 Å². The number of hydrogen-bond donors (Lipinski definition) is 0. The minimum atomic E-state index is -0.0897. The van der Waals surface area contributed by atoms with Crippen molar-refractivity contribution in [3.8, 4) is 0 Å². The number of hydrogen-bond acceptors (Lipinski definition) is 2. The number of nitrogens with zero attached hydrogens (tertiary/aromatic N) is 1. The lowest BCUT2D eigenvalue weighted by atomic mass is 9.72. The predicted molar refractivity (Wildman–Crippen MR) is 84.8 cm³/mol. The van der Waals surface area contributed by atoms with E-state index < -0.39 is 0 Å². The van der Waals surface area contributed by atoms with E-state index in [0.29, 0.717) is 5.92 Å². The SMILES string of the molecule is CC=CCC12C=CC(C1)C1C(=O)N(C3CCCCC3)C(=O)C12. The zero-order valence-electron chi connectivity index (χ0n) is 13.3. The molecule has 1 aliphatic heterocycles. The molecule has 2 bridgehead atoms. The fourth-order valence-corrected chi connectivity index (χ4v) is 5.43. The molecule has 4 aliphatic rings. The molecule has 2 amide bonds. The van der Waals surface area contributed by atoms with E-state index in [1.54, 1.807) is 4.90 Å². The van der Waals surface area contributed by atoms with Crippen molar-refractivity contribution < 1.29 is 9.59 Å². The fraction of sp³-hybridized carbons (Fsp3) is 0.684. The van der Waals surface area contributed by atoms with Crippen LogP contribution in [0.4, 0.5) is 0 Å². The summed E-state index contributed by atoms with van der Waals surface area (Å²) in [6, 6.07) is 0.178. The summed E-state index contributed by atoms with van der Waals surface area (Å²) in [7, 11) is 0. The molecule has 22 heavy (non-hydrogen) atoms. The summed E-state index contributed by atoms with van der Waals surface area (Å²) in [5, 5.41) is 0. The third-order valence-electron chi connectivity index (χ3n) is 6.43. The monoisotopic (exact) mass is 299 g/mol. The van der Waals surface area contributed by atoms with Gasteiger partial charge in [0, 0.05) is 11.5 Å². The van der Waals surface area contributed by atoms with Gasteiger partial charge in [0.25, 0.3) is 0 Å². The smallest absolute Gasteiger partial charge is 0.234 e. The fourth-order valence-electron chi connectivity index (χ4n) is 5.43. The van der Waals surface area contributed by atoms with Gasteiger partial charge in [-0.1, -0.05) is 43.6 Å². The second kappa shape index (κ2) is 5.07. The average Bonchev–Trinajstić information content (AvgIpc) is 3.17. The second-order valence-corrected chi connectivity index (χ2v) is 7.58. The van der Waals surface area contributed by atoms with Crippen LogP contribution in [0.25, 0.3) is 0 Å². The Balaban J connectivity index is 1.65. The lowest BCUT2D eigenvalue weighted by Gasteiger charge is -2.33. The maximum absolute atomic E-state index is 13.1. The number of fused-ring (bicyclic) bond motifs is 5. The van der Waals surface area contributed by atoms with E-state index in [0.717, 1.165) is 38.5 Å². The van der Waals surface area contributed by atoms with E-state index in [4.69, 9.17) is 0 Å². The van der Waals surface area contributed by atoms with Gasteiger partial charge in [0.1, 0.15) is 0 Å². The van der Waals surface area contributed by atoms with Gasteiger partial charge in [-0.3, -0.25) is 14.5 Å². The van der Waals surface area contributed by atoms with Crippen LogP contribution in [0.5, 0.6) is 0 Å². The molecular weight excluding hydrogens is 274 g/mol. The van der Waals surface area contributed by atoms with Gasteiger partial charge in [-0.05, 0) is 38.5 Å². The highest BCUT2D eigenvalue weighted by atomic mass is 16.2. The summed E-state index contributed by atoms with van der Waals surface area (Å²) in [5.41, 5.74) is -0.0853. The summed E-state index contributed by atoms with van der Waals surface area (Å²) in [6.07, 6.45) is 16.1. The number of allylic oxidation sites excluding steroid dienone is 4. The minimum Gasteiger partial charge on any atom is -0.279 e. The first-order valence-corrected chi connectivity index (χ1v) is 8.85. The van der Waals surface area contributed by atoms with Crippen LogP contribution in [0.3, 0.4) is 0 Å². The first-order chi connectivity index (χ1) is 10.7. The topological polar surface area (TPSA) is 37.4 Å². The molecule has 0 N–H and O–H groups in total. The zero-order chi connectivity index (χ0) is 15.3. The Morgan fingerprint density at radius 2 is 2.00 bits per heavy atom. The highest BCUT2D eigenvalue weighted by molar-refractivity contribution is 6.07. The number of carbonyl (C=O) groups is 2. The van der Waals surface area contributed by atoms with E-state index in [1.807, 2.05) is 6.92 Å². The third-order valence-corrected chi connectivity index (χ3v) is 6.43. The van der Waals surface area contributed by atoms with Gasteiger partial charge >= 0.3 is 0 Å². The Labute approximate surface area is 132 Å². The quantitative estimate of drug-likeness (QED) is 0.591. The van der Waals surface area contributed by atoms with Crippen molar-refractivity contribution in [2.45, 2.75) is 57.9 Å². The summed E-state index contributed by atoms with van der Waals surface area (Å²) in [6.45, 7) is 2.02. The van der Waals surface area contributed by atoms with Crippen molar-refractivity contribution in [1.82, 2.24) is 4.90 Å². The molecule has 3 heteroatoms. The van der Waals surface area contributed by atoms with Crippen molar-refractivity contribution >= 4 is 11.8 Å². The number of carbonyl (C=O) groups excluding carboxylic acids is 2. The number of rotatable bonds is 3. The molecule has 4 atom stereocenters. The Morgan fingerprint density at radius 3 is 2.73 bits per heavy atom. The lowest BCUT2D eigenvalue weighted by molar-refractivity contribution is -0.144. The molecule has 0 aromatic carbocycles. The first-order valence-electron chi connectivity index (χ1n) is 8.85. The van der Waals surface area contributed by atoms with Gasteiger partial charge in [0.15, 0.2) is 0 Å². The first kappa shape index (κ1) is 14.2. The molecule has 1 heterocycles. The van der Waals surface area contributed by atoms with E-state index in [1.165, 1.54) is 6.42 Å². The van der Waals surface area contributed by atoms with E-state index in [9.17, 15) is 9.59 Å². The molecule has 118 valence electrons. The Hall–Kier alpha value is -1.38. The molecule has 4 rings (SSSR count). The van der Waals surface area contributed by atoms with Crippen molar-refractivity contribution in [1.29, 1.82) is 0 Å². The Morgan fingerprint density at radius 1 is 1.23 bits per heavy atom. The standard InChI is InChI=1S/C19H25NO2/c1-2-3-10-19-11-9-13(12-19)15-16(19)18(22)20(17(15)21)14-7-5-4-6-8-14/h2-3,9,11,13-16H,4-8,10,12H2,1H3. The van der Waals surface area contributed by atoms with Crippen LogP contribution in [0.15, 0.2) is 24.3 Å². The second-order valence-electron chi connectivity index (χ2n) is 7.58. The van der Waals surface area contributed by atoms with Crippen molar-refractivity contribution in [3.05, 3.63) is 24.3 Å².